The molecule has 2 N–H and O–H groups in total. The van der Waals surface area contributed by atoms with Crippen molar-refractivity contribution in [3.05, 3.63) is 46.6 Å². The summed E-state index contributed by atoms with van der Waals surface area (Å²) in [6.45, 7) is 0.708. The lowest BCUT2D eigenvalue weighted by Crippen LogP contribution is -2.03. The molecular formula is C13H14ClN3OS. The van der Waals surface area contributed by atoms with E-state index in [1.54, 1.807) is 6.07 Å². The van der Waals surface area contributed by atoms with Gasteiger partial charge in [0.25, 0.3) is 0 Å². The molecule has 100 valence electrons. The van der Waals surface area contributed by atoms with Crippen molar-refractivity contribution in [3.8, 4) is 0 Å². The van der Waals surface area contributed by atoms with E-state index in [2.05, 4.69) is 15.3 Å². The summed E-state index contributed by atoms with van der Waals surface area (Å²) in [5.74, 6) is 0.704. The van der Waals surface area contributed by atoms with Gasteiger partial charge in [0.2, 0.25) is 0 Å². The highest BCUT2D eigenvalue weighted by molar-refractivity contribution is 7.98. The summed E-state index contributed by atoms with van der Waals surface area (Å²) >= 11 is 7.37. The van der Waals surface area contributed by atoms with Crippen molar-refractivity contribution in [2.75, 3.05) is 11.6 Å². The molecule has 6 heteroatoms. The number of rotatable bonds is 5. The SMILES string of the molecule is CSc1nc(Cl)cc(NCc2ccc(CO)cc2)n1. The first kappa shape index (κ1) is 14.1. The largest absolute Gasteiger partial charge is 0.392 e. The highest BCUT2D eigenvalue weighted by atomic mass is 35.5. The number of hydrogen-bond donors (Lipinski definition) is 2. The molecular weight excluding hydrogens is 282 g/mol. The van der Waals surface area contributed by atoms with E-state index in [-0.39, 0.29) is 6.61 Å². The van der Waals surface area contributed by atoms with Crippen molar-refractivity contribution < 1.29 is 5.11 Å². The fourth-order valence-electron chi connectivity index (χ4n) is 1.53. The molecule has 0 atom stereocenters. The van der Waals surface area contributed by atoms with Gasteiger partial charge < -0.3 is 10.4 Å². The number of aliphatic hydroxyl groups is 1. The Hall–Kier alpha value is -1.30. The van der Waals surface area contributed by atoms with Crippen LogP contribution in [0.2, 0.25) is 5.15 Å². The zero-order valence-electron chi connectivity index (χ0n) is 10.4. The van der Waals surface area contributed by atoms with Gasteiger partial charge in [-0.25, -0.2) is 9.97 Å². The summed E-state index contributed by atoms with van der Waals surface area (Å²) in [6.07, 6.45) is 1.91. The molecule has 0 radical (unpaired) electrons. The molecule has 19 heavy (non-hydrogen) atoms. The van der Waals surface area contributed by atoms with Crippen LogP contribution in [0.1, 0.15) is 11.1 Å². The van der Waals surface area contributed by atoms with Crippen molar-refractivity contribution in [2.45, 2.75) is 18.3 Å². The van der Waals surface area contributed by atoms with Crippen LogP contribution in [0.25, 0.3) is 0 Å². The predicted molar refractivity (Wildman–Crippen MR) is 78.5 cm³/mol. The molecule has 0 aliphatic carbocycles. The second-order valence-corrected chi connectivity index (χ2v) is 5.05. The number of anilines is 1. The molecule has 1 aromatic heterocycles. The Bertz CT molecular complexity index is 548. The van der Waals surface area contributed by atoms with E-state index in [0.717, 1.165) is 11.1 Å². The normalized spacial score (nSPS) is 10.5. The van der Waals surface area contributed by atoms with Crippen LogP contribution < -0.4 is 5.32 Å². The lowest BCUT2D eigenvalue weighted by Gasteiger charge is -2.07. The van der Waals surface area contributed by atoms with Crippen LogP contribution in [0.5, 0.6) is 0 Å². The standard InChI is InChI=1S/C13H14ClN3OS/c1-19-13-16-11(14)6-12(17-13)15-7-9-2-4-10(8-18)5-3-9/h2-6,18H,7-8H2,1H3,(H,15,16,17). The van der Waals surface area contributed by atoms with Crippen molar-refractivity contribution >= 4 is 29.2 Å². The van der Waals surface area contributed by atoms with Crippen LogP contribution in [-0.4, -0.2) is 21.3 Å². The topological polar surface area (TPSA) is 58.0 Å². The molecule has 0 aliphatic heterocycles. The van der Waals surface area contributed by atoms with Gasteiger partial charge in [-0.05, 0) is 17.4 Å². The number of benzene rings is 1. The number of nitrogens with one attached hydrogen (secondary N) is 1. The smallest absolute Gasteiger partial charge is 0.190 e. The van der Waals surface area contributed by atoms with Crippen LogP contribution >= 0.6 is 23.4 Å². The molecule has 1 aromatic carbocycles. The third-order valence-electron chi connectivity index (χ3n) is 2.54. The Morgan fingerprint density at radius 1 is 1.21 bits per heavy atom. The lowest BCUT2D eigenvalue weighted by molar-refractivity contribution is 0.282. The molecule has 0 amide bonds. The summed E-state index contributed by atoms with van der Waals surface area (Å²) in [5.41, 5.74) is 2.01. The minimum Gasteiger partial charge on any atom is -0.392 e. The van der Waals surface area contributed by atoms with E-state index in [4.69, 9.17) is 16.7 Å². The number of hydrogen-bond acceptors (Lipinski definition) is 5. The van der Waals surface area contributed by atoms with E-state index in [1.807, 2.05) is 30.5 Å². The zero-order valence-corrected chi connectivity index (χ0v) is 12.0. The molecule has 1 heterocycles. The van der Waals surface area contributed by atoms with Gasteiger partial charge >= 0.3 is 0 Å². The third-order valence-corrected chi connectivity index (χ3v) is 3.28. The summed E-state index contributed by atoms with van der Waals surface area (Å²) in [7, 11) is 0. The maximum absolute atomic E-state index is 8.98. The molecule has 0 bridgehead atoms. The van der Waals surface area contributed by atoms with Crippen molar-refractivity contribution in [1.82, 2.24) is 9.97 Å². The Kier molecular flexibility index (Phi) is 5.01. The van der Waals surface area contributed by atoms with E-state index in [9.17, 15) is 0 Å². The zero-order chi connectivity index (χ0) is 13.7. The minimum absolute atomic E-state index is 0.0618. The van der Waals surface area contributed by atoms with Crippen LogP contribution in [-0.2, 0) is 13.2 Å². The van der Waals surface area contributed by atoms with Crippen LogP contribution in [0.4, 0.5) is 5.82 Å². The van der Waals surface area contributed by atoms with Crippen molar-refractivity contribution in [2.24, 2.45) is 0 Å². The molecule has 0 spiro atoms. The third kappa shape index (κ3) is 4.09. The van der Waals surface area contributed by atoms with Gasteiger partial charge in [0.15, 0.2) is 5.16 Å². The highest BCUT2D eigenvalue weighted by Crippen LogP contribution is 2.17. The van der Waals surface area contributed by atoms with Crippen LogP contribution in [0, 0.1) is 0 Å². The van der Waals surface area contributed by atoms with Gasteiger partial charge in [-0.2, -0.15) is 0 Å². The number of halogens is 1. The maximum atomic E-state index is 8.98. The van der Waals surface area contributed by atoms with E-state index < -0.39 is 0 Å². The van der Waals surface area contributed by atoms with Gasteiger partial charge in [-0.15, -0.1) is 0 Å². The van der Waals surface area contributed by atoms with Gasteiger partial charge in [0.1, 0.15) is 11.0 Å². The predicted octanol–water partition coefficient (Wildman–Crippen LogP) is 2.96. The molecule has 0 saturated heterocycles. The van der Waals surface area contributed by atoms with Gasteiger partial charge in [0, 0.05) is 12.6 Å². The minimum atomic E-state index is 0.0618. The first-order valence-corrected chi connectivity index (χ1v) is 7.32. The summed E-state index contributed by atoms with van der Waals surface area (Å²) in [4.78, 5) is 8.40. The molecule has 2 rings (SSSR count). The average molecular weight is 296 g/mol. The number of nitrogens with zero attached hydrogens (tertiary/aromatic N) is 2. The van der Waals surface area contributed by atoms with E-state index >= 15 is 0 Å². The fourth-order valence-corrected chi connectivity index (χ4v) is 2.15. The molecule has 0 fully saturated rings. The molecule has 0 saturated carbocycles. The maximum Gasteiger partial charge on any atom is 0.190 e. The summed E-state index contributed by atoms with van der Waals surface area (Å²) < 4.78 is 0. The lowest BCUT2D eigenvalue weighted by atomic mass is 10.1. The summed E-state index contributed by atoms with van der Waals surface area (Å²) in [6, 6.07) is 9.44. The monoisotopic (exact) mass is 295 g/mol. The molecule has 2 aromatic rings. The number of aromatic nitrogens is 2. The van der Waals surface area contributed by atoms with Crippen molar-refractivity contribution in [1.29, 1.82) is 0 Å². The second kappa shape index (κ2) is 6.75. The first-order valence-electron chi connectivity index (χ1n) is 5.72. The Labute approximate surface area is 121 Å². The Morgan fingerprint density at radius 3 is 2.53 bits per heavy atom. The number of aliphatic hydroxyl groups excluding tert-OH is 1. The van der Waals surface area contributed by atoms with Crippen molar-refractivity contribution in [3.63, 3.8) is 0 Å². The average Bonchev–Trinajstić information content (AvgIpc) is 2.45. The highest BCUT2D eigenvalue weighted by Gasteiger charge is 2.02. The van der Waals surface area contributed by atoms with Gasteiger partial charge in [-0.1, -0.05) is 47.6 Å². The quantitative estimate of drug-likeness (QED) is 0.504. The Balaban J connectivity index is 2.03. The fraction of sp³-hybridized carbons (Fsp3) is 0.231. The molecule has 4 nitrogen and oxygen atoms in total. The Morgan fingerprint density at radius 2 is 1.89 bits per heavy atom. The van der Waals surface area contributed by atoms with Crippen LogP contribution in [0.15, 0.2) is 35.5 Å². The van der Waals surface area contributed by atoms with E-state index in [1.165, 1.54) is 11.8 Å². The first-order chi connectivity index (χ1) is 9.21. The van der Waals surface area contributed by atoms with Crippen LogP contribution in [0.3, 0.4) is 0 Å². The van der Waals surface area contributed by atoms with Gasteiger partial charge in [-0.3, -0.25) is 0 Å². The summed E-state index contributed by atoms with van der Waals surface area (Å²) in [5, 5.41) is 13.2. The molecule has 0 aliphatic rings. The number of thioether (sulfide) groups is 1. The van der Waals surface area contributed by atoms with Gasteiger partial charge in [0.05, 0.1) is 6.61 Å². The van der Waals surface area contributed by atoms with E-state index in [0.29, 0.717) is 22.7 Å². The second-order valence-electron chi connectivity index (χ2n) is 3.89. The molecule has 0 unspecified atom stereocenters.